The Morgan fingerprint density at radius 3 is 2.67 bits per heavy atom. The van der Waals surface area contributed by atoms with E-state index in [2.05, 4.69) is 26.3 Å². The van der Waals surface area contributed by atoms with E-state index in [1.807, 2.05) is 42.5 Å². The molecule has 4 N–H and O–H groups in total. The largest absolute Gasteiger partial charge is 0.497 e. The second-order valence-corrected chi connectivity index (χ2v) is 7.31. The molecule has 1 fully saturated rings. The van der Waals surface area contributed by atoms with Crippen LogP contribution in [0.1, 0.15) is 30.3 Å². The Labute approximate surface area is 176 Å². The lowest BCUT2D eigenvalue weighted by molar-refractivity contribution is -0.932. The third-order valence-corrected chi connectivity index (χ3v) is 5.41. The molecule has 0 spiro atoms. The minimum Gasteiger partial charge on any atom is -0.497 e. The molecule has 1 aromatic heterocycles. The lowest BCUT2D eigenvalue weighted by Crippen LogP contribution is -3.09. The molecule has 0 radical (unpaired) electrons. The molecule has 2 atom stereocenters. The Kier molecular flexibility index (Phi) is 5.94. The quantitative estimate of drug-likeness (QED) is 0.552. The summed E-state index contributed by atoms with van der Waals surface area (Å²) in [6, 6.07) is 16.0. The predicted molar refractivity (Wildman–Crippen MR) is 115 cm³/mol. The van der Waals surface area contributed by atoms with Crippen molar-refractivity contribution in [3.05, 3.63) is 59.9 Å². The van der Waals surface area contributed by atoms with Crippen molar-refractivity contribution in [3.63, 3.8) is 0 Å². The van der Waals surface area contributed by atoms with Crippen LogP contribution in [0.2, 0.25) is 0 Å². The number of aromatic nitrogens is 3. The minimum absolute atomic E-state index is 0.215. The maximum absolute atomic E-state index is 5.97. The number of nitrogens with zero attached hydrogens (tertiary/aromatic N) is 3. The molecule has 2 aromatic carbocycles. The molecule has 8 heteroatoms. The molecular weight excluding hydrogens is 380 g/mol. The van der Waals surface area contributed by atoms with Gasteiger partial charge in [-0.25, -0.2) is 0 Å². The average molecular weight is 407 g/mol. The van der Waals surface area contributed by atoms with E-state index >= 15 is 0 Å². The van der Waals surface area contributed by atoms with Gasteiger partial charge in [-0.15, -0.1) is 0 Å². The van der Waals surface area contributed by atoms with Crippen molar-refractivity contribution in [1.29, 1.82) is 0 Å². The molecule has 1 aliphatic rings. The third kappa shape index (κ3) is 4.44. The van der Waals surface area contributed by atoms with Gasteiger partial charge in [0, 0.05) is 18.5 Å². The van der Waals surface area contributed by atoms with Gasteiger partial charge in [0.15, 0.2) is 5.82 Å². The first-order valence-corrected chi connectivity index (χ1v) is 10.1. The van der Waals surface area contributed by atoms with Crippen LogP contribution in [-0.4, -0.2) is 35.7 Å². The zero-order valence-corrected chi connectivity index (χ0v) is 17.3. The van der Waals surface area contributed by atoms with Gasteiger partial charge in [-0.3, -0.25) is 0 Å². The number of nitrogens with two attached hydrogens (primary N) is 1. The second-order valence-electron chi connectivity index (χ2n) is 7.31. The van der Waals surface area contributed by atoms with E-state index < -0.39 is 0 Å². The van der Waals surface area contributed by atoms with Crippen molar-refractivity contribution in [1.82, 2.24) is 15.0 Å². The van der Waals surface area contributed by atoms with Crippen molar-refractivity contribution in [3.8, 4) is 11.5 Å². The molecule has 1 unspecified atom stereocenters. The van der Waals surface area contributed by atoms with Crippen LogP contribution in [0.5, 0.6) is 11.5 Å². The number of likely N-dealkylation sites (tertiary alicyclic amines) is 1. The maximum Gasteiger partial charge on any atom is 0.232 e. The van der Waals surface area contributed by atoms with E-state index in [0.29, 0.717) is 18.3 Å². The Morgan fingerprint density at radius 2 is 1.90 bits per heavy atom. The van der Waals surface area contributed by atoms with Gasteiger partial charge in [-0.05, 0) is 30.3 Å². The molecule has 0 amide bonds. The summed E-state index contributed by atoms with van der Waals surface area (Å²) in [5.74, 6) is 3.05. The van der Waals surface area contributed by atoms with Crippen LogP contribution < -0.4 is 25.4 Å². The van der Waals surface area contributed by atoms with Crippen molar-refractivity contribution in [2.24, 2.45) is 0 Å². The standard InChI is InChI=1S/C22H26N6O2/c1-29-16-10-11-19(30-2)17(13-16)18-9-6-12-28(18)14-20-25-21(23)27-22(26-20)24-15-7-4-3-5-8-15/h3-5,7-8,10-11,13,18H,6,9,12,14H2,1-2H3,(H3,23,24,25,26,27)/p+1/t18-/m1/s1. The number of quaternary nitrogens is 1. The van der Waals surface area contributed by atoms with Crippen LogP contribution in [0.3, 0.4) is 0 Å². The highest BCUT2D eigenvalue weighted by Crippen LogP contribution is 2.31. The maximum atomic E-state index is 5.97. The first kappa shape index (κ1) is 19.9. The number of rotatable bonds is 7. The van der Waals surface area contributed by atoms with Crippen molar-refractivity contribution < 1.29 is 14.4 Å². The minimum atomic E-state index is 0.215. The van der Waals surface area contributed by atoms with Gasteiger partial charge in [0.05, 0.1) is 26.3 Å². The first-order chi connectivity index (χ1) is 14.7. The number of para-hydroxylation sites is 1. The number of ether oxygens (including phenoxy) is 2. The Balaban J connectivity index is 1.56. The lowest BCUT2D eigenvalue weighted by atomic mass is 10.0. The molecule has 156 valence electrons. The first-order valence-electron chi connectivity index (χ1n) is 10.1. The van der Waals surface area contributed by atoms with Crippen molar-refractivity contribution in [2.45, 2.75) is 25.4 Å². The highest BCUT2D eigenvalue weighted by Gasteiger charge is 2.33. The molecule has 3 aromatic rings. The lowest BCUT2D eigenvalue weighted by Gasteiger charge is -2.23. The van der Waals surface area contributed by atoms with Crippen LogP contribution in [-0.2, 0) is 6.54 Å². The number of nitrogens with one attached hydrogen (secondary N) is 2. The van der Waals surface area contributed by atoms with E-state index in [0.717, 1.165) is 42.1 Å². The number of hydrogen-bond donors (Lipinski definition) is 3. The van der Waals surface area contributed by atoms with Gasteiger partial charge in [0.2, 0.25) is 11.9 Å². The monoisotopic (exact) mass is 407 g/mol. The van der Waals surface area contributed by atoms with Gasteiger partial charge in [-0.2, -0.15) is 15.0 Å². The second kappa shape index (κ2) is 8.96. The number of methoxy groups -OCH3 is 2. The highest BCUT2D eigenvalue weighted by atomic mass is 16.5. The summed E-state index contributed by atoms with van der Waals surface area (Å²) >= 11 is 0. The van der Waals surface area contributed by atoms with Crippen LogP contribution in [0.4, 0.5) is 17.6 Å². The number of anilines is 3. The topological polar surface area (TPSA) is 99.6 Å². The molecular formula is C22H27N6O2+. The fourth-order valence-corrected chi connectivity index (χ4v) is 4.04. The molecule has 0 saturated carbocycles. The normalized spacial score (nSPS) is 18.2. The van der Waals surface area contributed by atoms with E-state index in [-0.39, 0.29) is 12.0 Å². The highest BCUT2D eigenvalue weighted by molar-refractivity contribution is 5.53. The molecule has 2 heterocycles. The van der Waals surface area contributed by atoms with Gasteiger partial charge in [-0.1, -0.05) is 18.2 Å². The van der Waals surface area contributed by atoms with E-state index in [4.69, 9.17) is 15.2 Å². The number of benzene rings is 2. The summed E-state index contributed by atoms with van der Waals surface area (Å²) in [6.45, 7) is 1.68. The molecule has 4 rings (SSSR count). The molecule has 1 saturated heterocycles. The van der Waals surface area contributed by atoms with Crippen molar-refractivity contribution in [2.75, 3.05) is 31.8 Å². The van der Waals surface area contributed by atoms with E-state index in [1.54, 1.807) is 14.2 Å². The molecule has 0 bridgehead atoms. The molecule has 30 heavy (non-hydrogen) atoms. The molecule has 0 aliphatic carbocycles. The van der Waals surface area contributed by atoms with Gasteiger partial charge >= 0.3 is 0 Å². The van der Waals surface area contributed by atoms with E-state index in [1.165, 1.54) is 4.90 Å². The molecule has 1 aliphatic heterocycles. The smallest absolute Gasteiger partial charge is 0.232 e. The fourth-order valence-electron chi connectivity index (χ4n) is 4.04. The van der Waals surface area contributed by atoms with Gasteiger partial charge < -0.3 is 25.4 Å². The summed E-state index contributed by atoms with van der Waals surface area (Å²) in [7, 11) is 3.38. The van der Waals surface area contributed by atoms with Crippen LogP contribution in [0.15, 0.2) is 48.5 Å². The third-order valence-electron chi connectivity index (χ3n) is 5.41. The number of hydrogen-bond acceptors (Lipinski definition) is 7. The molecule has 8 nitrogen and oxygen atoms in total. The van der Waals surface area contributed by atoms with Gasteiger partial charge in [0.1, 0.15) is 24.1 Å². The van der Waals surface area contributed by atoms with Crippen LogP contribution in [0, 0.1) is 0 Å². The summed E-state index contributed by atoms with van der Waals surface area (Å²) in [6.07, 6.45) is 2.19. The summed E-state index contributed by atoms with van der Waals surface area (Å²) < 4.78 is 11.1. The zero-order chi connectivity index (χ0) is 20.9. The predicted octanol–water partition coefficient (Wildman–Crippen LogP) is 2.13. The average Bonchev–Trinajstić information content (AvgIpc) is 3.21. The summed E-state index contributed by atoms with van der Waals surface area (Å²) in [5.41, 5.74) is 8.02. The summed E-state index contributed by atoms with van der Waals surface area (Å²) in [5, 5.41) is 3.20. The Hall–Kier alpha value is -3.39. The number of nitrogen functional groups attached to an aromatic ring is 1. The van der Waals surface area contributed by atoms with Crippen molar-refractivity contribution >= 4 is 17.6 Å². The zero-order valence-electron chi connectivity index (χ0n) is 17.3. The Bertz CT molecular complexity index is 998. The van der Waals surface area contributed by atoms with Gasteiger partial charge in [0.25, 0.3) is 0 Å². The SMILES string of the molecule is COc1ccc(OC)c([C@H]2CCC[NH+]2Cc2nc(N)nc(Nc3ccccc3)n2)c1. The summed E-state index contributed by atoms with van der Waals surface area (Å²) in [4.78, 5) is 14.6. The van der Waals surface area contributed by atoms with Crippen LogP contribution in [0.25, 0.3) is 0 Å². The fraction of sp³-hybridized carbons (Fsp3) is 0.318. The van der Waals surface area contributed by atoms with E-state index in [9.17, 15) is 0 Å². The Morgan fingerprint density at radius 1 is 1.07 bits per heavy atom. The van der Waals surface area contributed by atoms with Crippen LogP contribution >= 0.6 is 0 Å².